The van der Waals surface area contributed by atoms with E-state index in [1.54, 1.807) is 6.07 Å². The molecular formula is C22H34O6. The van der Waals surface area contributed by atoms with Crippen molar-refractivity contribution >= 4 is 11.9 Å². The summed E-state index contributed by atoms with van der Waals surface area (Å²) < 4.78 is 11.8. The third kappa shape index (κ3) is 5.40. The normalized spacial score (nSPS) is 13.2. The van der Waals surface area contributed by atoms with Crippen LogP contribution >= 0.6 is 0 Å². The van der Waals surface area contributed by atoms with Crippen LogP contribution in [0, 0.1) is 0 Å². The number of benzene rings is 1. The molecule has 1 rings (SSSR count). The first-order valence-corrected chi connectivity index (χ1v) is 9.33. The Morgan fingerprint density at radius 2 is 0.929 bits per heavy atom. The molecule has 1 aromatic carbocycles. The highest BCUT2D eigenvalue weighted by Gasteiger charge is 2.36. The first kappa shape index (κ1) is 23.8. The number of hydrogen-bond donors (Lipinski definition) is 2. The second-order valence-corrected chi connectivity index (χ2v) is 10.2. The molecule has 6 nitrogen and oxygen atoms in total. The minimum atomic E-state index is -1.46. The Kier molecular flexibility index (Phi) is 6.20. The molecule has 0 unspecified atom stereocenters. The molecule has 0 aliphatic carbocycles. The largest absolute Gasteiger partial charge is 0.478 e. The molecule has 0 bridgehead atoms. The van der Waals surface area contributed by atoms with Crippen LogP contribution in [0.2, 0.25) is 0 Å². The lowest BCUT2D eigenvalue weighted by atomic mass is 9.79. The van der Waals surface area contributed by atoms with Crippen LogP contribution in [0.1, 0.15) is 80.4 Å². The molecule has 0 heterocycles. The van der Waals surface area contributed by atoms with Crippen molar-refractivity contribution in [3.05, 3.63) is 23.3 Å². The molecule has 0 aromatic heterocycles. The van der Waals surface area contributed by atoms with Gasteiger partial charge in [-0.05, 0) is 44.6 Å². The molecule has 0 saturated carbocycles. The fraction of sp³-hybridized carbons (Fsp3) is 0.636. The summed E-state index contributed by atoms with van der Waals surface area (Å²) in [5, 5.41) is 18.9. The Bertz CT molecular complexity index is 699. The lowest BCUT2D eigenvalue weighted by Gasteiger charge is -2.33. The van der Waals surface area contributed by atoms with E-state index in [2.05, 4.69) is 0 Å². The molecule has 158 valence electrons. The summed E-state index contributed by atoms with van der Waals surface area (Å²) in [5.41, 5.74) is -1.92. The van der Waals surface area contributed by atoms with Gasteiger partial charge in [0, 0.05) is 17.2 Å². The molecule has 0 radical (unpaired) electrons. The summed E-state index contributed by atoms with van der Waals surface area (Å²) in [6.45, 7) is 18.0. The van der Waals surface area contributed by atoms with Crippen molar-refractivity contribution < 1.29 is 29.3 Å². The average molecular weight is 395 g/mol. The van der Waals surface area contributed by atoms with E-state index in [0.717, 1.165) is 11.1 Å². The van der Waals surface area contributed by atoms with Gasteiger partial charge in [-0.2, -0.15) is 0 Å². The number of ether oxygens (including phenoxy) is 2. The van der Waals surface area contributed by atoms with E-state index in [1.165, 1.54) is 27.7 Å². The predicted octanol–water partition coefficient (Wildman–Crippen LogP) is 4.77. The van der Waals surface area contributed by atoms with Gasteiger partial charge in [-0.3, -0.25) is 0 Å². The van der Waals surface area contributed by atoms with Crippen molar-refractivity contribution in [1.29, 1.82) is 0 Å². The summed E-state index contributed by atoms with van der Waals surface area (Å²) >= 11 is 0. The zero-order valence-corrected chi connectivity index (χ0v) is 18.7. The maximum Gasteiger partial charge on any atom is 0.347 e. The maximum atomic E-state index is 11.6. The van der Waals surface area contributed by atoms with Crippen molar-refractivity contribution in [2.45, 2.75) is 91.3 Å². The van der Waals surface area contributed by atoms with Gasteiger partial charge in [0.05, 0.1) is 0 Å². The van der Waals surface area contributed by atoms with Gasteiger partial charge in [0.2, 0.25) is 0 Å². The van der Waals surface area contributed by atoms with Crippen LogP contribution in [-0.2, 0) is 20.4 Å². The minimum Gasteiger partial charge on any atom is -0.478 e. The topological polar surface area (TPSA) is 93.1 Å². The minimum absolute atomic E-state index is 0.329. The van der Waals surface area contributed by atoms with Crippen LogP contribution < -0.4 is 9.47 Å². The highest BCUT2D eigenvalue weighted by atomic mass is 16.5. The Hall–Kier alpha value is -2.24. The molecule has 0 aliphatic heterocycles. The Morgan fingerprint density at radius 3 is 1.14 bits per heavy atom. The van der Waals surface area contributed by atoms with Gasteiger partial charge in [0.15, 0.2) is 11.2 Å². The quantitative estimate of drug-likeness (QED) is 0.722. The fourth-order valence-corrected chi connectivity index (χ4v) is 2.54. The standard InChI is InChI=1S/C22H34O6/c1-19(2,3)13-11-14(20(4,5)6)16(28-22(9,10)18(25)26)12-15(13)27-21(7,8)17(23)24/h11-12H,1-10H3,(H,23,24)(H,25,26). The second kappa shape index (κ2) is 7.30. The van der Waals surface area contributed by atoms with Gasteiger partial charge in [-0.15, -0.1) is 0 Å². The number of rotatable bonds is 6. The van der Waals surface area contributed by atoms with E-state index < -0.39 is 23.1 Å². The molecule has 0 fully saturated rings. The third-order valence-electron chi connectivity index (χ3n) is 4.46. The highest BCUT2D eigenvalue weighted by Crippen LogP contribution is 2.43. The molecule has 28 heavy (non-hydrogen) atoms. The fourth-order valence-electron chi connectivity index (χ4n) is 2.54. The Balaban J connectivity index is 3.77. The molecule has 0 amide bonds. The van der Waals surface area contributed by atoms with Crippen LogP contribution in [0.3, 0.4) is 0 Å². The highest BCUT2D eigenvalue weighted by molar-refractivity contribution is 5.77. The van der Waals surface area contributed by atoms with Gasteiger partial charge in [0.25, 0.3) is 0 Å². The first-order chi connectivity index (χ1) is 12.3. The molecule has 0 saturated heterocycles. The van der Waals surface area contributed by atoms with Gasteiger partial charge < -0.3 is 19.7 Å². The zero-order chi connectivity index (χ0) is 22.3. The second-order valence-electron chi connectivity index (χ2n) is 10.2. The molecule has 0 atom stereocenters. The number of carbonyl (C=O) groups is 2. The molecule has 0 spiro atoms. The van der Waals surface area contributed by atoms with E-state index in [9.17, 15) is 19.8 Å². The smallest absolute Gasteiger partial charge is 0.347 e. The Labute approximate surface area is 167 Å². The van der Waals surface area contributed by atoms with Gasteiger partial charge >= 0.3 is 11.9 Å². The van der Waals surface area contributed by atoms with Gasteiger partial charge in [0.1, 0.15) is 11.5 Å². The molecule has 2 N–H and O–H groups in total. The van der Waals surface area contributed by atoms with Crippen LogP contribution in [-0.4, -0.2) is 33.4 Å². The van der Waals surface area contributed by atoms with Crippen molar-refractivity contribution in [3.8, 4) is 11.5 Å². The predicted molar refractivity (Wildman–Crippen MR) is 109 cm³/mol. The summed E-state index contributed by atoms with van der Waals surface area (Å²) in [4.78, 5) is 23.2. The lowest BCUT2D eigenvalue weighted by molar-refractivity contribution is -0.152. The Morgan fingerprint density at radius 1 is 0.643 bits per heavy atom. The van der Waals surface area contributed by atoms with Crippen LogP contribution in [0.4, 0.5) is 0 Å². The van der Waals surface area contributed by atoms with Crippen LogP contribution in [0.25, 0.3) is 0 Å². The van der Waals surface area contributed by atoms with Crippen molar-refractivity contribution in [2.75, 3.05) is 0 Å². The molecule has 0 aliphatic rings. The van der Waals surface area contributed by atoms with E-state index in [0.29, 0.717) is 11.5 Å². The first-order valence-electron chi connectivity index (χ1n) is 9.33. The maximum absolute atomic E-state index is 11.6. The summed E-state index contributed by atoms with van der Waals surface area (Å²) in [7, 11) is 0. The third-order valence-corrected chi connectivity index (χ3v) is 4.46. The monoisotopic (exact) mass is 394 g/mol. The lowest BCUT2D eigenvalue weighted by Crippen LogP contribution is -2.39. The molecule has 6 heteroatoms. The van der Waals surface area contributed by atoms with Gasteiger partial charge in [-0.1, -0.05) is 41.5 Å². The van der Waals surface area contributed by atoms with Crippen molar-refractivity contribution in [1.82, 2.24) is 0 Å². The van der Waals surface area contributed by atoms with Crippen LogP contribution in [0.15, 0.2) is 12.1 Å². The van der Waals surface area contributed by atoms with Crippen molar-refractivity contribution in [2.24, 2.45) is 0 Å². The van der Waals surface area contributed by atoms with E-state index in [-0.39, 0.29) is 10.8 Å². The average Bonchev–Trinajstić information content (AvgIpc) is 2.43. The summed E-state index contributed by atoms with van der Waals surface area (Å²) in [6.07, 6.45) is 0. The molecule has 1 aromatic rings. The van der Waals surface area contributed by atoms with E-state index >= 15 is 0 Å². The van der Waals surface area contributed by atoms with Gasteiger partial charge in [-0.25, -0.2) is 9.59 Å². The number of carboxylic acid groups (broad SMARTS) is 2. The van der Waals surface area contributed by atoms with Crippen molar-refractivity contribution in [3.63, 3.8) is 0 Å². The van der Waals surface area contributed by atoms with E-state index in [4.69, 9.17) is 9.47 Å². The SMILES string of the molecule is CC(C)(Oc1cc(OC(C)(C)C(=O)O)c(C(C)(C)C)cc1C(C)(C)C)C(=O)O. The van der Waals surface area contributed by atoms with Crippen LogP contribution in [0.5, 0.6) is 11.5 Å². The summed E-state index contributed by atoms with van der Waals surface area (Å²) in [6, 6.07) is 3.55. The number of hydrogen-bond acceptors (Lipinski definition) is 4. The molecular weight excluding hydrogens is 360 g/mol. The summed E-state index contributed by atoms with van der Waals surface area (Å²) in [5.74, 6) is -1.46. The number of aliphatic carboxylic acids is 2. The van der Waals surface area contributed by atoms with E-state index in [1.807, 2.05) is 47.6 Å². The number of carboxylic acids is 2. The zero-order valence-electron chi connectivity index (χ0n) is 18.7.